The van der Waals surface area contributed by atoms with Crippen LogP contribution < -0.4 is 5.32 Å². The SMILES string of the molecule is CC(CO)N1CCC2CCC(C1)N2. The van der Waals surface area contributed by atoms with E-state index in [2.05, 4.69) is 17.1 Å². The average molecular weight is 184 g/mol. The van der Waals surface area contributed by atoms with E-state index in [1.165, 1.54) is 19.3 Å². The van der Waals surface area contributed by atoms with Gasteiger partial charge < -0.3 is 10.4 Å². The van der Waals surface area contributed by atoms with Crippen molar-refractivity contribution in [1.29, 1.82) is 0 Å². The van der Waals surface area contributed by atoms with Crippen LogP contribution in [0.25, 0.3) is 0 Å². The van der Waals surface area contributed by atoms with Crippen LogP contribution in [0.4, 0.5) is 0 Å². The minimum absolute atomic E-state index is 0.289. The molecule has 0 radical (unpaired) electrons. The Kier molecular flexibility index (Phi) is 2.86. The van der Waals surface area contributed by atoms with Crippen LogP contribution in [0.15, 0.2) is 0 Å². The van der Waals surface area contributed by atoms with Gasteiger partial charge in [0.25, 0.3) is 0 Å². The Balaban J connectivity index is 1.93. The number of fused-ring (bicyclic) bond motifs is 2. The summed E-state index contributed by atoms with van der Waals surface area (Å²) in [5.41, 5.74) is 0. The summed E-state index contributed by atoms with van der Waals surface area (Å²) >= 11 is 0. The standard InChI is InChI=1S/C10H20N2O/c1-8(7-13)12-5-4-9-2-3-10(6-12)11-9/h8-11,13H,2-7H2,1H3. The van der Waals surface area contributed by atoms with Gasteiger partial charge in [-0.2, -0.15) is 0 Å². The van der Waals surface area contributed by atoms with Gasteiger partial charge in [-0.1, -0.05) is 0 Å². The molecule has 2 saturated heterocycles. The smallest absolute Gasteiger partial charge is 0.0584 e. The number of aliphatic hydroxyl groups excluding tert-OH is 1. The van der Waals surface area contributed by atoms with Crippen LogP contribution in [0.5, 0.6) is 0 Å². The maximum atomic E-state index is 9.09. The predicted octanol–water partition coefficient (Wildman–Crippen LogP) is 0.194. The minimum atomic E-state index is 0.289. The number of hydrogen-bond donors (Lipinski definition) is 2. The summed E-state index contributed by atoms with van der Waals surface area (Å²) < 4.78 is 0. The highest BCUT2D eigenvalue weighted by molar-refractivity contribution is 4.90. The molecule has 13 heavy (non-hydrogen) atoms. The summed E-state index contributed by atoms with van der Waals surface area (Å²) in [6, 6.07) is 1.77. The molecule has 3 heteroatoms. The predicted molar refractivity (Wildman–Crippen MR) is 52.7 cm³/mol. The summed E-state index contributed by atoms with van der Waals surface area (Å²) in [6.07, 6.45) is 3.92. The number of nitrogens with one attached hydrogen (secondary N) is 1. The number of hydrogen-bond acceptors (Lipinski definition) is 3. The number of aliphatic hydroxyl groups is 1. The van der Waals surface area contributed by atoms with E-state index in [-0.39, 0.29) is 6.61 Å². The van der Waals surface area contributed by atoms with Crippen molar-refractivity contribution in [3.05, 3.63) is 0 Å². The highest BCUT2D eigenvalue weighted by Gasteiger charge is 2.30. The van der Waals surface area contributed by atoms with Crippen LogP contribution in [0.3, 0.4) is 0 Å². The third kappa shape index (κ3) is 2.03. The van der Waals surface area contributed by atoms with Gasteiger partial charge in [-0.15, -0.1) is 0 Å². The molecule has 3 atom stereocenters. The first kappa shape index (κ1) is 9.44. The number of likely N-dealkylation sites (tertiary alicyclic amines) is 1. The second kappa shape index (κ2) is 3.95. The zero-order chi connectivity index (χ0) is 9.26. The Bertz CT molecular complexity index is 174. The Labute approximate surface area is 80.1 Å². The molecule has 3 unspecified atom stereocenters. The van der Waals surface area contributed by atoms with Crippen molar-refractivity contribution < 1.29 is 5.11 Å². The van der Waals surface area contributed by atoms with Gasteiger partial charge in [-0.25, -0.2) is 0 Å². The summed E-state index contributed by atoms with van der Waals surface area (Å²) in [5.74, 6) is 0. The van der Waals surface area contributed by atoms with E-state index in [1.807, 2.05) is 0 Å². The zero-order valence-electron chi connectivity index (χ0n) is 8.37. The molecule has 0 aromatic heterocycles. The summed E-state index contributed by atoms with van der Waals surface area (Å²) in [6.45, 7) is 4.67. The molecule has 2 aliphatic heterocycles. The summed E-state index contributed by atoms with van der Waals surface area (Å²) in [4.78, 5) is 2.41. The molecule has 0 aromatic rings. The van der Waals surface area contributed by atoms with Gasteiger partial charge in [0, 0.05) is 31.2 Å². The average Bonchev–Trinajstić information content (AvgIpc) is 2.45. The normalized spacial score (nSPS) is 37.4. The molecule has 2 heterocycles. The number of rotatable bonds is 2. The summed E-state index contributed by atoms with van der Waals surface area (Å²) in [5, 5.41) is 12.7. The molecule has 0 amide bonds. The van der Waals surface area contributed by atoms with Crippen molar-refractivity contribution in [3.8, 4) is 0 Å². The molecule has 2 rings (SSSR count). The molecule has 0 spiro atoms. The Morgan fingerprint density at radius 2 is 2.15 bits per heavy atom. The van der Waals surface area contributed by atoms with Gasteiger partial charge in [0.2, 0.25) is 0 Å². The lowest BCUT2D eigenvalue weighted by atomic mass is 10.1. The monoisotopic (exact) mass is 184 g/mol. The molecule has 0 saturated carbocycles. The van der Waals surface area contributed by atoms with E-state index in [9.17, 15) is 0 Å². The van der Waals surface area contributed by atoms with Crippen molar-refractivity contribution in [2.45, 2.75) is 44.3 Å². The third-order valence-electron chi connectivity index (χ3n) is 3.44. The van der Waals surface area contributed by atoms with Gasteiger partial charge in [0.15, 0.2) is 0 Å². The maximum Gasteiger partial charge on any atom is 0.0584 e. The van der Waals surface area contributed by atoms with Crippen molar-refractivity contribution in [1.82, 2.24) is 10.2 Å². The Hall–Kier alpha value is -0.120. The largest absolute Gasteiger partial charge is 0.395 e. The van der Waals surface area contributed by atoms with E-state index in [0.717, 1.165) is 19.1 Å². The van der Waals surface area contributed by atoms with Crippen molar-refractivity contribution in [2.75, 3.05) is 19.7 Å². The van der Waals surface area contributed by atoms with E-state index in [0.29, 0.717) is 12.1 Å². The number of nitrogens with zero attached hydrogens (tertiary/aromatic N) is 1. The molecule has 0 aromatic carbocycles. The molecule has 2 N–H and O–H groups in total. The lowest BCUT2D eigenvalue weighted by Crippen LogP contribution is -2.41. The molecule has 2 bridgehead atoms. The lowest BCUT2D eigenvalue weighted by Gasteiger charge is -2.28. The van der Waals surface area contributed by atoms with Gasteiger partial charge in [0.05, 0.1) is 6.61 Å². The minimum Gasteiger partial charge on any atom is -0.395 e. The molecule has 2 aliphatic rings. The first-order valence-electron chi connectivity index (χ1n) is 5.40. The second-order valence-corrected chi connectivity index (χ2v) is 4.45. The zero-order valence-corrected chi connectivity index (χ0v) is 8.37. The first-order valence-corrected chi connectivity index (χ1v) is 5.40. The van der Waals surface area contributed by atoms with Gasteiger partial charge >= 0.3 is 0 Å². The van der Waals surface area contributed by atoms with Crippen LogP contribution in [0, 0.1) is 0 Å². The first-order chi connectivity index (χ1) is 6.29. The van der Waals surface area contributed by atoms with Crippen LogP contribution in [0.2, 0.25) is 0 Å². The van der Waals surface area contributed by atoms with Crippen molar-refractivity contribution in [2.24, 2.45) is 0 Å². The van der Waals surface area contributed by atoms with Crippen LogP contribution in [-0.2, 0) is 0 Å². The van der Waals surface area contributed by atoms with E-state index in [1.54, 1.807) is 0 Å². The Morgan fingerprint density at radius 3 is 2.92 bits per heavy atom. The van der Waals surface area contributed by atoms with E-state index < -0.39 is 0 Å². The highest BCUT2D eigenvalue weighted by Crippen LogP contribution is 2.21. The lowest BCUT2D eigenvalue weighted by molar-refractivity contribution is 0.129. The molecule has 3 nitrogen and oxygen atoms in total. The third-order valence-corrected chi connectivity index (χ3v) is 3.44. The molecular weight excluding hydrogens is 164 g/mol. The van der Waals surface area contributed by atoms with Crippen LogP contribution in [0.1, 0.15) is 26.2 Å². The topological polar surface area (TPSA) is 35.5 Å². The molecule has 76 valence electrons. The fourth-order valence-electron chi connectivity index (χ4n) is 2.49. The molecule has 2 fully saturated rings. The highest BCUT2D eigenvalue weighted by atomic mass is 16.3. The van der Waals surface area contributed by atoms with Crippen LogP contribution >= 0.6 is 0 Å². The Morgan fingerprint density at radius 1 is 1.38 bits per heavy atom. The quantitative estimate of drug-likeness (QED) is 0.643. The fourth-order valence-corrected chi connectivity index (χ4v) is 2.49. The summed E-state index contributed by atoms with van der Waals surface area (Å²) in [7, 11) is 0. The van der Waals surface area contributed by atoms with Gasteiger partial charge in [0.1, 0.15) is 0 Å². The fraction of sp³-hybridized carbons (Fsp3) is 1.00. The second-order valence-electron chi connectivity index (χ2n) is 4.45. The van der Waals surface area contributed by atoms with Gasteiger partial charge in [-0.05, 0) is 26.2 Å². The van der Waals surface area contributed by atoms with Crippen molar-refractivity contribution >= 4 is 0 Å². The maximum absolute atomic E-state index is 9.09. The van der Waals surface area contributed by atoms with Crippen LogP contribution in [-0.4, -0.2) is 47.8 Å². The van der Waals surface area contributed by atoms with E-state index >= 15 is 0 Å². The van der Waals surface area contributed by atoms with Crippen molar-refractivity contribution in [3.63, 3.8) is 0 Å². The van der Waals surface area contributed by atoms with Gasteiger partial charge in [-0.3, -0.25) is 4.90 Å². The molecular formula is C10H20N2O. The molecule has 0 aliphatic carbocycles. The van der Waals surface area contributed by atoms with E-state index in [4.69, 9.17) is 5.11 Å².